The maximum Gasteiger partial charge on any atom is 0.246 e. The zero-order chi connectivity index (χ0) is 28.2. The number of likely N-dealkylation sites (tertiary alicyclic amines) is 1. The zero-order valence-corrected chi connectivity index (χ0v) is 23.2. The second kappa shape index (κ2) is 10.3. The highest BCUT2D eigenvalue weighted by atomic mass is 35.5. The Hall–Kier alpha value is -3.23. The van der Waals surface area contributed by atoms with Gasteiger partial charge in [-0.3, -0.25) is 14.4 Å². The molecular formula is C31H33ClFN3O4. The Bertz CT molecular complexity index is 1370. The average Bonchev–Trinajstić information content (AvgIpc) is 3.57. The lowest BCUT2D eigenvalue weighted by molar-refractivity contribution is -0.142. The van der Waals surface area contributed by atoms with Gasteiger partial charge in [-0.1, -0.05) is 80.8 Å². The molecule has 2 saturated heterocycles. The van der Waals surface area contributed by atoms with Crippen molar-refractivity contribution in [3.8, 4) is 0 Å². The van der Waals surface area contributed by atoms with Gasteiger partial charge in [-0.2, -0.15) is 0 Å². The van der Waals surface area contributed by atoms with Gasteiger partial charge in [0.2, 0.25) is 17.7 Å². The largest absolute Gasteiger partial charge is 0.359 e. The van der Waals surface area contributed by atoms with E-state index >= 15 is 0 Å². The lowest BCUT2D eigenvalue weighted by atomic mass is 9.73. The predicted octanol–water partition coefficient (Wildman–Crippen LogP) is 4.71. The van der Waals surface area contributed by atoms with Crippen molar-refractivity contribution in [2.24, 2.45) is 23.7 Å². The number of carbonyl (C=O) groups excluding carboxylic acids is 3. The Labute approximate surface area is 238 Å². The van der Waals surface area contributed by atoms with Gasteiger partial charge in [-0.05, 0) is 42.0 Å². The summed E-state index contributed by atoms with van der Waals surface area (Å²) in [6.45, 7) is 4.59. The predicted molar refractivity (Wildman–Crippen MR) is 149 cm³/mol. The minimum absolute atomic E-state index is 0.00489. The van der Waals surface area contributed by atoms with E-state index in [1.807, 2.05) is 30.3 Å². The van der Waals surface area contributed by atoms with Crippen LogP contribution in [0.25, 0.3) is 0 Å². The van der Waals surface area contributed by atoms with Crippen molar-refractivity contribution in [1.82, 2.24) is 10.2 Å². The number of rotatable bonds is 6. The first-order valence-corrected chi connectivity index (χ1v) is 14.4. The van der Waals surface area contributed by atoms with Gasteiger partial charge >= 0.3 is 0 Å². The molecule has 6 rings (SSSR count). The third-order valence-electron chi connectivity index (χ3n) is 9.34. The van der Waals surface area contributed by atoms with Crippen molar-refractivity contribution in [2.75, 3.05) is 5.32 Å². The molecule has 4 aliphatic rings. The van der Waals surface area contributed by atoms with Gasteiger partial charge in [0, 0.05) is 18.3 Å². The third-order valence-corrected chi connectivity index (χ3v) is 9.63. The maximum absolute atomic E-state index is 14.1. The van der Waals surface area contributed by atoms with Gasteiger partial charge in [0.1, 0.15) is 17.5 Å². The maximum atomic E-state index is 14.1. The number of fused-ring (bicyclic) bond motifs is 1. The summed E-state index contributed by atoms with van der Waals surface area (Å²) in [5, 5.41) is 5.92. The Balaban J connectivity index is 1.32. The van der Waals surface area contributed by atoms with Crippen molar-refractivity contribution >= 4 is 35.0 Å². The number of ether oxygens (including phenoxy) is 1. The topological polar surface area (TPSA) is 87.7 Å². The Morgan fingerprint density at radius 2 is 1.90 bits per heavy atom. The molecule has 9 heteroatoms. The highest BCUT2D eigenvalue weighted by Crippen LogP contribution is 2.55. The molecule has 8 atom stereocenters. The summed E-state index contributed by atoms with van der Waals surface area (Å²) in [7, 11) is 0. The molecule has 7 nitrogen and oxygen atoms in total. The molecule has 3 fully saturated rings. The van der Waals surface area contributed by atoms with Crippen LogP contribution in [0, 0.1) is 29.5 Å². The summed E-state index contributed by atoms with van der Waals surface area (Å²) in [5.41, 5.74) is -0.0595. The molecule has 3 heterocycles. The van der Waals surface area contributed by atoms with E-state index in [-0.39, 0.29) is 29.4 Å². The number of amides is 3. The second-order valence-electron chi connectivity index (χ2n) is 11.7. The minimum atomic E-state index is -1.26. The number of anilines is 1. The number of halogens is 2. The van der Waals surface area contributed by atoms with Crippen LogP contribution in [0.15, 0.2) is 60.7 Å². The van der Waals surface area contributed by atoms with Crippen LogP contribution in [0.5, 0.6) is 0 Å². The van der Waals surface area contributed by atoms with Crippen molar-refractivity contribution in [3.05, 3.63) is 77.1 Å². The highest BCUT2D eigenvalue weighted by molar-refractivity contribution is 6.31. The van der Waals surface area contributed by atoms with Crippen LogP contribution in [0.2, 0.25) is 5.02 Å². The van der Waals surface area contributed by atoms with Crippen molar-refractivity contribution < 1.29 is 23.5 Å². The van der Waals surface area contributed by atoms with Gasteiger partial charge in [0.25, 0.3) is 0 Å². The third kappa shape index (κ3) is 4.41. The molecule has 40 heavy (non-hydrogen) atoms. The summed E-state index contributed by atoms with van der Waals surface area (Å²) in [6.07, 6.45) is 5.98. The molecule has 0 aromatic heterocycles. The van der Waals surface area contributed by atoms with Gasteiger partial charge in [-0.15, -0.1) is 0 Å². The summed E-state index contributed by atoms with van der Waals surface area (Å²) < 4.78 is 20.1. The van der Waals surface area contributed by atoms with Crippen LogP contribution in [-0.4, -0.2) is 46.4 Å². The van der Waals surface area contributed by atoms with Gasteiger partial charge in [0.05, 0.1) is 23.0 Å². The van der Waals surface area contributed by atoms with Crippen LogP contribution in [0.1, 0.15) is 38.7 Å². The summed E-state index contributed by atoms with van der Waals surface area (Å²) in [6, 6.07) is 12.5. The van der Waals surface area contributed by atoms with E-state index < -0.39 is 41.3 Å². The molecule has 2 bridgehead atoms. The van der Waals surface area contributed by atoms with Crippen molar-refractivity contribution in [2.45, 2.75) is 63.4 Å². The number of carbonyl (C=O) groups is 3. The molecule has 2 aromatic carbocycles. The highest BCUT2D eigenvalue weighted by Gasteiger charge is 2.72. The minimum Gasteiger partial charge on any atom is -0.359 e. The monoisotopic (exact) mass is 565 g/mol. The van der Waals surface area contributed by atoms with E-state index in [1.54, 1.807) is 17.1 Å². The van der Waals surface area contributed by atoms with Gasteiger partial charge in [0.15, 0.2) is 0 Å². The number of hydrogen-bond acceptors (Lipinski definition) is 4. The lowest BCUT2D eigenvalue weighted by Crippen LogP contribution is -2.57. The van der Waals surface area contributed by atoms with Crippen LogP contribution in [0.3, 0.4) is 0 Å². The number of benzene rings is 2. The SMILES string of the molecule is C[C@@H]1[C@H](C)CCC[C@@H]1NC(=O)[C@@H]1N(Cc2ccccc2)C(=O)[C@@H]2[C@@H](C(=O)Nc3ccc(F)c(Cl)c3)[C@@H]3C=C[C@]21O3. The van der Waals surface area contributed by atoms with E-state index in [9.17, 15) is 18.8 Å². The lowest BCUT2D eigenvalue weighted by Gasteiger charge is -2.38. The normalized spacial score (nSPS) is 34.1. The fourth-order valence-corrected chi connectivity index (χ4v) is 7.25. The molecule has 1 saturated carbocycles. The standard InChI is InChI=1S/C31H33ClFN3O4/c1-17-7-6-10-23(18(17)2)35-29(38)27-31-14-13-24(40-31)25(28(37)34-20-11-12-22(33)21(32)15-20)26(31)30(39)36(27)16-19-8-4-3-5-9-19/h3-5,8-9,11-15,17-18,23-27H,6-7,10,16H2,1-2H3,(H,34,37)(H,35,38)/t17-,18-,23+,24+,25+,26+,27+,31+/m1/s1. The summed E-state index contributed by atoms with van der Waals surface area (Å²) in [4.78, 5) is 43.4. The number of nitrogens with zero attached hydrogens (tertiary/aromatic N) is 1. The van der Waals surface area contributed by atoms with E-state index in [0.29, 0.717) is 17.5 Å². The molecule has 0 radical (unpaired) electrons. The molecule has 3 amide bonds. The van der Waals surface area contributed by atoms with Gasteiger partial charge < -0.3 is 20.3 Å². The van der Waals surface area contributed by atoms with Gasteiger partial charge in [-0.25, -0.2) is 4.39 Å². The van der Waals surface area contributed by atoms with Crippen LogP contribution < -0.4 is 10.6 Å². The first-order chi connectivity index (χ1) is 19.2. The van der Waals surface area contributed by atoms with E-state index in [4.69, 9.17) is 16.3 Å². The van der Waals surface area contributed by atoms with Crippen LogP contribution in [-0.2, 0) is 25.7 Å². The average molecular weight is 566 g/mol. The van der Waals surface area contributed by atoms with Crippen LogP contribution in [0.4, 0.5) is 10.1 Å². The quantitative estimate of drug-likeness (QED) is 0.497. The molecule has 3 aliphatic heterocycles. The van der Waals surface area contributed by atoms with E-state index in [1.165, 1.54) is 18.2 Å². The van der Waals surface area contributed by atoms with E-state index in [0.717, 1.165) is 24.8 Å². The molecule has 1 aliphatic carbocycles. The molecule has 1 spiro atoms. The Morgan fingerprint density at radius 3 is 2.65 bits per heavy atom. The first kappa shape index (κ1) is 27.0. The fourth-order valence-electron chi connectivity index (χ4n) is 7.06. The number of hydrogen-bond donors (Lipinski definition) is 2. The molecule has 2 aromatic rings. The smallest absolute Gasteiger partial charge is 0.246 e. The molecule has 0 unspecified atom stereocenters. The van der Waals surface area contributed by atoms with E-state index in [2.05, 4.69) is 24.5 Å². The summed E-state index contributed by atoms with van der Waals surface area (Å²) in [5.74, 6) is -2.51. The fraction of sp³-hybridized carbons (Fsp3) is 0.452. The second-order valence-corrected chi connectivity index (χ2v) is 12.1. The molecular weight excluding hydrogens is 533 g/mol. The number of nitrogens with one attached hydrogen (secondary N) is 2. The molecule has 2 N–H and O–H groups in total. The zero-order valence-electron chi connectivity index (χ0n) is 22.5. The Morgan fingerprint density at radius 1 is 1.12 bits per heavy atom. The summed E-state index contributed by atoms with van der Waals surface area (Å²) >= 11 is 5.91. The first-order valence-electron chi connectivity index (χ1n) is 14.0. The Kier molecular flexibility index (Phi) is 6.95. The van der Waals surface area contributed by atoms with Crippen molar-refractivity contribution in [1.29, 1.82) is 0 Å². The van der Waals surface area contributed by atoms with Crippen LogP contribution >= 0.6 is 11.6 Å². The molecule has 210 valence electrons. The van der Waals surface area contributed by atoms with Crippen molar-refractivity contribution in [3.63, 3.8) is 0 Å².